The van der Waals surface area contributed by atoms with E-state index in [1.54, 1.807) is 19.4 Å². The number of hydrogen-bond donors (Lipinski definition) is 1. The summed E-state index contributed by atoms with van der Waals surface area (Å²) in [7, 11) is 0. The smallest absolute Gasteiger partial charge is 0.355 e. The second-order valence-corrected chi connectivity index (χ2v) is 9.13. The van der Waals surface area contributed by atoms with E-state index in [1.807, 2.05) is 16.7 Å². The Balaban J connectivity index is 1.49. The van der Waals surface area contributed by atoms with Crippen LogP contribution in [0.4, 0.5) is 5.69 Å². The molecule has 4 heterocycles. The third-order valence-corrected chi connectivity index (χ3v) is 7.20. The highest BCUT2D eigenvalue weighted by Gasteiger charge is 2.60. The van der Waals surface area contributed by atoms with Gasteiger partial charge in [0.2, 0.25) is 5.91 Å². The van der Waals surface area contributed by atoms with Crippen molar-refractivity contribution in [3.8, 4) is 0 Å². The van der Waals surface area contributed by atoms with E-state index in [-0.39, 0.29) is 35.9 Å². The third-order valence-electron chi connectivity index (χ3n) is 6.31. The van der Waals surface area contributed by atoms with E-state index >= 15 is 0 Å². The van der Waals surface area contributed by atoms with Gasteiger partial charge in [0.25, 0.3) is 5.69 Å². The molecule has 2 aliphatic rings. The fraction of sp³-hybridized carbons (Fsp3) is 0.318. The topological polar surface area (TPSA) is 127 Å². The van der Waals surface area contributed by atoms with Gasteiger partial charge < -0.3 is 14.7 Å². The first kappa shape index (κ1) is 21.3. The van der Waals surface area contributed by atoms with Crippen molar-refractivity contribution in [1.29, 1.82) is 0 Å². The zero-order valence-electron chi connectivity index (χ0n) is 17.7. The first-order chi connectivity index (χ1) is 15.8. The van der Waals surface area contributed by atoms with E-state index in [9.17, 15) is 24.8 Å². The van der Waals surface area contributed by atoms with Gasteiger partial charge in [0, 0.05) is 29.0 Å². The first-order valence-electron chi connectivity index (χ1n) is 10.3. The van der Waals surface area contributed by atoms with Crippen LogP contribution >= 0.6 is 11.3 Å². The van der Waals surface area contributed by atoms with E-state index in [2.05, 4.69) is 4.98 Å². The number of ether oxygens (including phenoxy) is 1. The van der Waals surface area contributed by atoms with Gasteiger partial charge in [-0.05, 0) is 24.6 Å². The number of nitrogens with zero attached hydrogens (tertiary/aromatic N) is 4. The molecule has 1 N–H and O–H groups in total. The molecule has 0 aliphatic carbocycles. The van der Waals surface area contributed by atoms with Crippen molar-refractivity contribution < 1.29 is 24.4 Å². The minimum atomic E-state index is -0.839. The molecule has 5 rings (SSSR count). The molecule has 2 aromatic heterocycles. The van der Waals surface area contributed by atoms with Crippen LogP contribution in [0.3, 0.4) is 0 Å². The van der Waals surface area contributed by atoms with E-state index in [0.29, 0.717) is 11.1 Å². The molecule has 170 valence electrons. The van der Waals surface area contributed by atoms with E-state index in [4.69, 9.17) is 4.74 Å². The summed E-state index contributed by atoms with van der Waals surface area (Å²) in [5, 5.41) is 22.9. The number of rotatable bonds is 6. The number of imidazole rings is 1. The molecule has 10 nitrogen and oxygen atoms in total. The number of nitro benzene ring substituents is 1. The number of β-lactam (4-membered cyclic amide) rings is 1. The van der Waals surface area contributed by atoms with Crippen LogP contribution in [0.15, 0.2) is 47.9 Å². The van der Waals surface area contributed by atoms with Gasteiger partial charge in [-0.3, -0.25) is 19.3 Å². The molecule has 33 heavy (non-hydrogen) atoms. The average molecular weight is 468 g/mol. The molecular formula is C22H20N4O6S. The maximum Gasteiger partial charge on any atom is 0.355 e. The third kappa shape index (κ3) is 3.23. The fourth-order valence-corrected chi connectivity index (χ4v) is 5.60. The van der Waals surface area contributed by atoms with Crippen LogP contribution in [0.2, 0.25) is 0 Å². The molecule has 1 saturated heterocycles. The number of carbonyl (C=O) groups excluding carboxylic acids is 2. The number of benzene rings is 1. The minimum Gasteiger partial charge on any atom is -0.456 e. The molecule has 0 bridgehead atoms. The lowest BCUT2D eigenvalue weighted by molar-refractivity contribution is -0.384. The van der Waals surface area contributed by atoms with E-state index in [0.717, 1.165) is 10.5 Å². The van der Waals surface area contributed by atoms with Gasteiger partial charge in [0.1, 0.15) is 23.5 Å². The Labute approximate surface area is 191 Å². The molecular weight excluding hydrogens is 448 g/mol. The van der Waals surface area contributed by atoms with Crippen LogP contribution in [0.5, 0.6) is 0 Å². The van der Waals surface area contributed by atoms with Gasteiger partial charge in [0.15, 0.2) is 0 Å². The lowest BCUT2D eigenvalue weighted by atomic mass is 9.77. The van der Waals surface area contributed by atoms with Crippen molar-refractivity contribution in [3.63, 3.8) is 0 Å². The zero-order valence-corrected chi connectivity index (χ0v) is 18.6. The number of esters is 1. The van der Waals surface area contributed by atoms with Crippen LogP contribution in [0, 0.1) is 22.0 Å². The molecule has 3 aromatic rings. The molecule has 0 unspecified atom stereocenters. The lowest BCUT2D eigenvalue weighted by Gasteiger charge is -2.46. The number of aliphatic hydroxyl groups is 1. The van der Waals surface area contributed by atoms with Crippen molar-refractivity contribution in [2.24, 2.45) is 11.8 Å². The lowest BCUT2D eigenvalue weighted by Crippen LogP contribution is -2.63. The van der Waals surface area contributed by atoms with Gasteiger partial charge >= 0.3 is 5.97 Å². The number of aromatic nitrogens is 2. The summed E-state index contributed by atoms with van der Waals surface area (Å²) >= 11 is 1.47. The highest BCUT2D eigenvalue weighted by atomic mass is 32.1. The second-order valence-electron chi connectivity index (χ2n) is 8.24. The Kier molecular flexibility index (Phi) is 5.02. The van der Waals surface area contributed by atoms with E-state index < -0.39 is 22.9 Å². The SMILES string of the molecule is C[C@@H](O)[C@H]1C(=O)N2C(C(=O)OCc3ccc([N+](=O)[O-])cc3)=C(c3csc4cncn34)[C@H](C)[C@H]12. The van der Waals surface area contributed by atoms with Crippen LogP contribution < -0.4 is 0 Å². The number of carbonyl (C=O) groups is 2. The Hall–Kier alpha value is -3.57. The molecule has 0 spiro atoms. The van der Waals surface area contributed by atoms with Gasteiger partial charge in [-0.1, -0.05) is 6.92 Å². The van der Waals surface area contributed by atoms with Crippen molar-refractivity contribution in [1.82, 2.24) is 14.3 Å². The molecule has 0 radical (unpaired) electrons. The molecule has 1 aromatic carbocycles. The number of thiazole rings is 1. The summed E-state index contributed by atoms with van der Waals surface area (Å²) in [4.78, 5) is 43.0. The van der Waals surface area contributed by atoms with Crippen LogP contribution in [-0.4, -0.2) is 48.3 Å². The normalized spacial score (nSPS) is 22.9. The number of amides is 1. The maximum absolute atomic E-state index is 13.3. The number of nitro groups is 1. The summed E-state index contributed by atoms with van der Waals surface area (Å²) in [6.45, 7) is 3.42. The van der Waals surface area contributed by atoms with Gasteiger partial charge in [-0.25, -0.2) is 9.78 Å². The highest BCUT2D eigenvalue weighted by Crippen LogP contribution is 2.51. The summed E-state index contributed by atoms with van der Waals surface area (Å²) in [5.41, 5.74) is 2.13. The van der Waals surface area contributed by atoms with Crippen LogP contribution in [0.25, 0.3) is 10.4 Å². The summed E-state index contributed by atoms with van der Waals surface area (Å²) in [5.74, 6) is -1.76. The minimum absolute atomic E-state index is 0.0559. The van der Waals surface area contributed by atoms with Crippen LogP contribution in [-0.2, 0) is 20.9 Å². The molecule has 2 aliphatic heterocycles. The van der Waals surface area contributed by atoms with Crippen LogP contribution in [0.1, 0.15) is 25.1 Å². The van der Waals surface area contributed by atoms with Gasteiger partial charge in [-0.15, -0.1) is 11.3 Å². The summed E-state index contributed by atoms with van der Waals surface area (Å²) < 4.78 is 7.40. The fourth-order valence-electron chi connectivity index (χ4n) is 4.75. The van der Waals surface area contributed by atoms with Gasteiger partial charge in [0.05, 0.1) is 34.9 Å². The Bertz CT molecular complexity index is 1310. The van der Waals surface area contributed by atoms with Gasteiger partial charge in [-0.2, -0.15) is 0 Å². The zero-order chi connectivity index (χ0) is 23.4. The van der Waals surface area contributed by atoms with Crippen molar-refractivity contribution in [2.75, 3.05) is 0 Å². The number of non-ortho nitro benzene ring substituents is 1. The molecule has 1 amide bonds. The predicted molar refractivity (Wildman–Crippen MR) is 118 cm³/mol. The molecule has 1 fully saturated rings. The summed E-state index contributed by atoms with van der Waals surface area (Å²) in [6.07, 6.45) is 2.54. The van der Waals surface area contributed by atoms with Crippen molar-refractivity contribution >= 4 is 39.3 Å². The first-order valence-corrected chi connectivity index (χ1v) is 11.2. The Morgan fingerprint density at radius 2 is 2.09 bits per heavy atom. The molecule has 4 atom stereocenters. The molecule has 11 heteroatoms. The predicted octanol–water partition coefficient (Wildman–Crippen LogP) is 2.62. The van der Waals surface area contributed by atoms with E-state index in [1.165, 1.54) is 40.5 Å². The largest absolute Gasteiger partial charge is 0.456 e. The average Bonchev–Trinajstić information content (AvgIpc) is 3.45. The standard InChI is InChI=1S/C22H20N4O6S/c1-11-17(15-9-33-16-7-23-10-24(15)16)20(25-19(11)18(12(2)27)21(25)28)22(29)32-8-13-3-5-14(6-4-13)26(30)31/h3-7,9-12,18-19,27H,8H2,1-2H3/t11-,12+,18+,19+/m0/s1. The number of aliphatic hydroxyl groups excluding tert-OH is 1. The maximum atomic E-state index is 13.3. The Morgan fingerprint density at radius 1 is 1.36 bits per heavy atom. The molecule has 0 saturated carbocycles. The monoisotopic (exact) mass is 468 g/mol. The number of fused-ring (bicyclic) bond motifs is 2. The summed E-state index contributed by atoms with van der Waals surface area (Å²) in [6, 6.07) is 5.39. The number of hydrogen-bond acceptors (Lipinski definition) is 8. The quantitative estimate of drug-likeness (QED) is 0.255. The Morgan fingerprint density at radius 3 is 2.76 bits per heavy atom. The van der Waals surface area contributed by atoms with Crippen molar-refractivity contribution in [3.05, 3.63) is 69.2 Å². The highest BCUT2D eigenvalue weighted by molar-refractivity contribution is 7.15. The van der Waals surface area contributed by atoms with Crippen molar-refractivity contribution in [2.45, 2.75) is 32.6 Å². The second kappa shape index (κ2) is 7.78.